The second kappa shape index (κ2) is 9.39. The second-order valence-corrected chi connectivity index (χ2v) is 5.98. The van der Waals surface area contributed by atoms with E-state index in [1.54, 1.807) is 0 Å². The van der Waals surface area contributed by atoms with Gasteiger partial charge in [0.05, 0.1) is 29.4 Å². The van der Waals surface area contributed by atoms with Gasteiger partial charge in [-0.25, -0.2) is 0 Å². The van der Waals surface area contributed by atoms with Crippen molar-refractivity contribution in [3.05, 3.63) is 52.5 Å². The molecular formula is C18H22Cl2N2O3. The Morgan fingerprint density at radius 3 is 2.68 bits per heavy atom. The molecule has 25 heavy (non-hydrogen) atoms. The van der Waals surface area contributed by atoms with E-state index in [2.05, 4.69) is 5.32 Å². The van der Waals surface area contributed by atoms with Gasteiger partial charge in [-0.15, -0.1) is 12.4 Å². The zero-order valence-corrected chi connectivity index (χ0v) is 15.9. The Kier molecular flexibility index (Phi) is 7.87. The first-order valence-corrected chi connectivity index (χ1v) is 7.92. The third-order valence-electron chi connectivity index (χ3n) is 3.43. The Labute approximate surface area is 158 Å². The molecule has 0 aliphatic rings. The molecule has 0 aromatic heterocycles. The number of hydrogen-bond donors (Lipinski definition) is 2. The van der Waals surface area contributed by atoms with Crippen molar-refractivity contribution in [2.45, 2.75) is 19.9 Å². The zero-order valence-electron chi connectivity index (χ0n) is 14.3. The first kappa shape index (κ1) is 20.9. The van der Waals surface area contributed by atoms with Gasteiger partial charge in [-0.1, -0.05) is 23.7 Å². The van der Waals surface area contributed by atoms with E-state index < -0.39 is 0 Å². The van der Waals surface area contributed by atoms with Crippen molar-refractivity contribution in [1.29, 1.82) is 0 Å². The lowest BCUT2D eigenvalue weighted by Crippen LogP contribution is -2.37. The Balaban J connectivity index is 0.00000312. The average molecular weight is 385 g/mol. The van der Waals surface area contributed by atoms with Gasteiger partial charge in [-0.3, -0.25) is 4.79 Å². The van der Waals surface area contributed by atoms with Crippen LogP contribution in [0.15, 0.2) is 36.4 Å². The zero-order chi connectivity index (χ0) is 17.7. The highest BCUT2D eigenvalue weighted by Gasteiger charge is 2.17. The average Bonchev–Trinajstić information content (AvgIpc) is 2.55. The maximum Gasteiger partial charge on any atom is 0.255 e. The lowest BCUT2D eigenvalue weighted by molar-refractivity contribution is 0.0923. The maximum atomic E-state index is 12.4. The Hall–Kier alpha value is -2.11. The number of nitrogens with one attached hydrogen (secondary N) is 1. The van der Waals surface area contributed by atoms with Crippen molar-refractivity contribution < 1.29 is 14.3 Å². The Morgan fingerprint density at radius 1 is 1.32 bits per heavy atom. The van der Waals surface area contributed by atoms with Gasteiger partial charge in [0.15, 0.2) is 0 Å². The minimum Gasteiger partial charge on any atom is -0.496 e. The quantitative estimate of drug-likeness (QED) is 0.741. The molecule has 136 valence electrons. The number of nitrogen functional groups attached to an aromatic ring is 1. The number of nitrogens with two attached hydrogens (primary N) is 1. The van der Waals surface area contributed by atoms with Crippen LogP contribution in [0, 0.1) is 6.92 Å². The van der Waals surface area contributed by atoms with Crippen LogP contribution < -0.4 is 20.5 Å². The molecule has 0 saturated heterocycles. The molecule has 5 nitrogen and oxygen atoms in total. The smallest absolute Gasteiger partial charge is 0.255 e. The third kappa shape index (κ3) is 5.73. The van der Waals surface area contributed by atoms with E-state index in [1.807, 2.05) is 38.1 Å². The highest BCUT2D eigenvalue weighted by atomic mass is 35.5. The number of amides is 1. The van der Waals surface area contributed by atoms with Gasteiger partial charge in [0.25, 0.3) is 5.91 Å². The number of methoxy groups -OCH3 is 1. The molecule has 0 heterocycles. The summed E-state index contributed by atoms with van der Waals surface area (Å²) in [5, 5.41) is 3.17. The monoisotopic (exact) mass is 384 g/mol. The molecule has 0 bridgehead atoms. The van der Waals surface area contributed by atoms with Gasteiger partial charge < -0.3 is 20.5 Å². The predicted molar refractivity (Wildman–Crippen MR) is 103 cm³/mol. The fourth-order valence-electron chi connectivity index (χ4n) is 2.19. The highest BCUT2D eigenvalue weighted by molar-refractivity contribution is 6.33. The molecule has 0 saturated carbocycles. The summed E-state index contributed by atoms with van der Waals surface area (Å²) in [6.45, 7) is 4.20. The van der Waals surface area contributed by atoms with E-state index in [9.17, 15) is 4.79 Å². The molecule has 1 unspecified atom stereocenters. The van der Waals surface area contributed by atoms with E-state index >= 15 is 0 Å². The van der Waals surface area contributed by atoms with E-state index in [0.29, 0.717) is 28.6 Å². The number of halogens is 2. The van der Waals surface area contributed by atoms with Crippen molar-refractivity contribution in [3.63, 3.8) is 0 Å². The molecule has 3 N–H and O–H groups in total. The number of benzene rings is 2. The first-order valence-electron chi connectivity index (χ1n) is 7.54. The summed E-state index contributed by atoms with van der Waals surface area (Å²) in [5.41, 5.74) is 7.54. The SMILES string of the molecule is COc1cc(N)c(Cl)cc1C(=O)NC(C)COc1cccc(C)c1.Cl. The summed E-state index contributed by atoms with van der Waals surface area (Å²) in [7, 11) is 1.48. The molecule has 0 aliphatic carbocycles. The van der Waals surface area contributed by atoms with Crippen LogP contribution in [0.1, 0.15) is 22.8 Å². The van der Waals surface area contributed by atoms with Crippen LogP contribution in [0.3, 0.4) is 0 Å². The van der Waals surface area contributed by atoms with Gasteiger partial charge in [-0.2, -0.15) is 0 Å². The number of carbonyl (C=O) groups excluding carboxylic acids is 1. The number of rotatable bonds is 6. The van der Waals surface area contributed by atoms with E-state index in [-0.39, 0.29) is 24.4 Å². The van der Waals surface area contributed by atoms with Crippen LogP contribution in [0.25, 0.3) is 0 Å². The van der Waals surface area contributed by atoms with Crippen LogP contribution in [-0.4, -0.2) is 25.7 Å². The summed E-state index contributed by atoms with van der Waals surface area (Å²) < 4.78 is 10.9. The standard InChI is InChI=1S/C18H21ClN2O3.ClH/c1-11-5-4-6-13(7-11)24-10-12(2)21-18(22)14-8-15(19)16(20)9-17(14)23-3;/h4-9,12H,10,20H2,1-3H3,(H,21,22);1H. The van der Waals surface area contributed by atoms with Crippen molar-refractivity contribution in [2.24, 2.45) is 0 Å². The minimum absolute atomic E-state index is 0. The Morgan fingerprint density at radius 2 is 2.04 bits per heavy atom. The Bertz CT molecular complexity index is 738. The van der Waals surface area contributed by atoms with Crippen molar-refractivity contribution in [1.82, 2.24) is 5.32 Å². The highest BCUT2D eigenvalue weighted by Crippen LogP contribution is 2.28. The van der Waals surface area contributed by atoms with Crippen LogP contribution in [0.4, 0.5) is 5.69 Å². The van der Waals surface area contributed by atoms with Crippen molar-refractivity contribution >= 4 is 35.6 Å². The van der Waals surface area contributed by atoms with Crippen molar-refractivity contribution in [2.75, 3.05) is 19.5 Å². The van der Waals surface area contributed by atoms with Gasteiger partial charge in [-0.05, 0) is 37.6 Å². The third-order valence-corrected chi connectivity index (χ3v) is 3.76. The summed E-state index contributed by atoms with van der Waals surface area (Å²) in [4.78, 5) is 12.4. The number of carbonyl (C=O) groups is 1. The molecular weight excluding hydrogens is 363 g/mol. The number of ether oxygens (including phenoxy) is 2. The first-order chi connectivity index (χ1) is 11.4. The maximum absolute atomic E-state index is 12.4. The fraction of sp³-hybridized carbons (Fsp3) is 0.278. The molecule has 0 aliphatic heterocycles. The molecule has 0 spiro atoms. The number of aryl methyl sites for hydroxylation is 1. The molecule has 7 heteroatoms. The van der Waals surface area contributed by atoms with Gasteiger partial charge in [0.2, 0.25) is 0 Å². The summed E-state index contributed by atoms with van der Waals surface area (Å²) >= 11 is 5.99. The van der Waals surface area contributed by atoms with E-state index in [4.69, 9.17) is 26.8 Å². The molecule has 2 rings (SSSR count). The number of anilines is 1. The normalized spacial score (nSPS) is 11.2. The van der Waals surface area contributed by atoms with Crippen LogP contribution in [0.2, 0.25) is 5.02 Å². The topological polar surface area (TPSA) is 73.6 Å². The van der Waals surface area contributed by atoms with Crippen LogP contribution in [0.5, 0.6) is 11.5 Å². The lowest BCUT2D eigenvalue weighted by atomic mass is 10.1. The predicted octanol–water partition coefficient (Wildman–Crippen LogP) is 3.86. The van der Waals surface area contributed by atoms with Gasteiger partial charge in [0.1, 0.15) is 18.1 Å². The van der Waals surface area contributed by atoms with E-state index in [0.717, 1.165) is 11.3 Å². The van der Waals surface area contributed by atoms with Crippen LogP contribution >= 0.6 is 24.0 Å². The fourth-order valence-corrected chi connectivity index (χ4v) is 2.35. The largest absolute Gasteiger partial charge is 0.496 e. The number of hydrogen-bond acceptors (Lipinski definition) is 4. The van der Waals surface area contributed by atoms with Crippen molar-refractivity contribution in [3.8, 4) is 11.5 Å². The summed E-state index contributed by atoms with van der Waals surface area (Å²) in [6, 6.07) is 10.6. The lowest BCUT2D eigenvalue weighted by Gasteiger charge is -2.17. The van der Waals surface area contributed by atoms with E-state index in [1.165, 1.54) is 19.2 Å². The molecule has 0 radical (unpaired) electrons. The summed E-state index contributed by atoms with van der Waals surface area (Å²) in [6.07, 6.45) is 0. The molecule has 1 atom stereocenters. The second-order valence-electron chi connectivity index (χ2n) is 5.58. The minimum atomic E-state index is -0.297. The summed E-state index contributed by atoms with van der Waals surface area (Å²) in [5.74, 6) is 0.847. The molecule has 1 amide bonds. The van der Waals surface area contributed by atoms with Gasteiger partial charge in [0, 0.05) is 6.07 Å². The molecule has 2 aromatic rings. The van der Waals surface area contributed by atoms with Crippen LogP contribution in [-0.2, 0) is 0 Å². The van der Waals surface area contributed by atoms with Gasteiger partial charge >= 0.3 is 0 Å². The molecule has 0 fully saturated rings. The molecule has 2 aromatic carbocycles.